The van der Waals surface area contributed by atoms with Crippen LogP contribution < -0.4 is 10.6 Å². The van der Waals surface area contributed by atoms with Gasteiger partial charge in [0, 0.05) is 23.2 Å². The number of hydrogen-bond acceptors (Lipinski definition) is 5. The van der Waals surface area contributed by atoms with E-state index in [1.54, 1.807) is 11.3 Å². The number of carbonyl (C=O) groups excluding carboxylic acids is 1. The van der Waals surface area contributed by atoms with E-state index in [-0.39, 0.29) is 11.2 Å². The van der Waals surface area contributed by atoms with Crippen molar-refractivity contribution in [1.29, 1.82) is 0 Å². The van der Waals surface area contributed by atoms with Gasteiger partial charge in [-0.1, -0.05) is 6.07 Å². The van der Waals surface area contributed by atoms with Crippen LogP contribution in [0.3, 0.4) is 0 Å². The van der Waals surface area contributed by atoms with E-state index >= 15 is 0 Å². The van der Waals surface area contributed by atoms with Crippen molar-refractivity contribution in [1.82, 2.24) is 9.97 Å². The predicted octanol–water partition coefficient (Wildman–Crippen LogP) is 4.36. The number of aryl methyl sites for hydroxylation is 1. The molecule has 5 nitrogen and oxygen atoms in total. The third kappa shape index (κ3) is 3.18. The Balaban J connectivity index is 1.97. The number of nitrogens with zero attached hydrogens (tertiary/aromatic N) is 2. The number of nitrogens with one attached hydrogen (secondary N) is 2. The van der Waals surface area contributed by atoms with Gasteiger partial charge in [-0.2, -0.15) is 4.98 Å². The van der Waals surface area contributed by atoms with E-state index in [1.165, 1.54) is 6.92 Å². The van der Waals surface area contributed by atoms with E-state index in [4.69, 9.17) is 11.6 Å². The number of aromatic nitrogens is 2. The lowest BCUT2D eigenvalue weighted by Crippen LogP contribution is -2.05. The first-order valence-corrected chi connectivity index (χ1v) is 7.79. The van der Waals surface area contributed by atoms with Gasteiger partial charge in [0.15, 0.2) is 0 Å². The monoisotopic (exact) mass is 332 g/mol. The second kappa shape index (κ2) is 5.90. The molecule has 0 atom stereocenters. The fraction of sp³-hybridized carbons (Fsp3) is 0.133. The summed E-state index contributed by atoms with van der Waals surface area (Å²) in [5.74, 6) is 0.539. The molecule has 0 unspecified atom stereocenters. The topological polar surface area (TPSA) is 66.9 Å². The average Bonchev–Trinajstić information content (AvgIpc) is 2.78. The zero-order valence-electron chi connectivity index (χ0n) is 12.0. The van der Waals surface area contributed by atoms with Gasteiger partial charge >= 0.3 is 0 Å². The zero-order chi connectivity index (χ0) is 15.7. The summed E-state index contributed by atoms with van der Waals surface area (Å²) in [6.07, 6.45) is 0. The Morgan fingerprint density at radius 1 is 1.23 bits per heavy atom. The summed E-state index contributed by atoms with van der Waals surface area (Å²) in [6.45, 7) is 3.49. The number of amides is 1. The Hall–Kier alpha value is -2.18. The normalized spacial score (nSPS) is 10.7. The van der Waals surface area contributed by atoms with Crippen molar-refractivity contribution in [3.05, 3.63) is 40.5 Å². The molecule has 7 heteroatoms. The first-order chi connectivity index (χ1) is 10.5. The van der Waals surface area contributed by atoms with Crippen molar-refractivity contribution in [2.45, 2.75) is 13.8 Å². The summed E-state index contributed by atoms with van der Waals surface area (Å²) < 4.78 is 0. The van der Waals surface area contributed by atoms with Gasteiger partial charge in [0.25, 0.3) is 0 Å². The third-order valence-electron chi connectivity index (χ3n) is 2.93. The molecule has 0 saturated carbocycles. The summed E-state index contributed by atoms with van der Waals surface area (Å²) in [6, 6.07) is 9.43. The van der Waals surface area contributed by atoms with Crippen LogP contribution in [0.15, 0.2) is 30.3 Å². The van der Waals surface area contributed by atoms with E-state index in [0.29, 0.717) is 5.82 Å². The van der Waals surface area contributed by atoms with E-state index in [1.807, 2.05) is 37.3 Å². The van der Waals surface area contributed by atoms with Crippen molar-refractivity contribution >= 4 is 56.3 Å². The van der Waals surface area contributed by atoms with E-state index < -0.39 is 0 Å². The molecule has 0 spiro atoms. The van der Waals surface area contributed by atoms with Crippen molar-refractivity contribution in [3.63, 3.8) is 0 Å². The van der Waals surface area contributed by atoms with Crippen LogP contribution in [-0.2, 0) is 4.79 Å². The van der Waals surface area contributed by atoms with Gasteiger partial charge in [-0.05, 0) is 42.8 Å². The Kier molecular flexibility index (Phi) is 3.96. The summed E-state index contributed by atoms with van der Waals surface area (Å²) >= 11 is 7.56. The minimum Gasteiger partial charge on any atom is -0.339 e. The molecule has 0 aliphatic carbocycles. The molecule has 0 fully saturated rings. The highest BCUT2D eigenvalue weighted by Gasteiger charge is 2.10. The van der Waals surface area contributed by atoms with Crippen LogP contribution in [0.25, 0.3) is 10.2 Å². The summed E-state index contributed by atoms with van der Waals surface area (Å²) in [5.41, 5.74) is 1.53. The van der Waals surface area contributed by atoms with Crippen LogP contribution in [0, 0.1) is 6.92 Å². The SMILES string of the molecule is CC(=O)Nc1cccc(Nc2nc(Cl)nc3sc(C)cc23)c1. The first-order valence-electron chi connectivity index (χ1n) is 6.59. The van der Waals surface area contributed by atoms with Gasteiger partial charge in [-0.15, -0.1) is 11.3 Å². The highest BCUT2D eigenvalue weighted by atomic mass is 35.5. The molecule has 112 valence electrons. The summed E-state index contributed by atoms with van der Waals surface area (Å²) in [5, 5.41) is 7.11. The minimum atomic E-state index is -0.113. The fourth-order valence-electron chi connectivity index (χ4n) is 2.13. The van der Waals surface area contributed by atoms with Crippen molar-refractivity contribution in [3.8, 4) is 0 Å². The van der Waals surface area contributed by atoms with Crippen LogP contribution in [-0.4, -0.2) is 15.9 Å². The molecule has 0 radical (unpaired) electrons. The summed E-state index contributed by atoms with van der Waals surface area (Å²) in [7, 11) is 0. The highest BCUT2D eigenvalue weighted by molar-refractivity contribution is 7.18. The molecule has 3 rings (SSSR count). The summed E-state index contributed by atoms with van der Waals surface area (Å²) in [4.78, 5) is 21.6. The number of halogens is 1. The molecular formula is C15H13ClN4OS. The maximum Gasteiger partial charge on any atom is 0.225 e. The molecular weight excluding hydrogens is 320 g/mol. The Labute approximate surface area is 136 Å². The van der Waals surface area contributed by atoms with Gasteiger partial charge in [-0.25, -0.2) is 4.98 Å². The minimum absolute atomic E-state index is 0.113. The van der Waals surface area contributed by atoms with E-state index in [2.05, 4.69) is 20.6 Å². The smallest absolute Gasteiger partial charge is 0.225 e. The molecule has 3 aromatic rings. The molecule has 1 amide bonds. The number of carbonyl (C=O) groups is 1. The second-order valence-corrected chi connectivity index (χ2v) is 6.38. The Morgan fingerprint density at radius 2 is 2.00 bits per heavy atom. The number of anilines is 3. The largest absolute Gasteiger partial charge is 0.339 e. The van der Waals surface area contributed by atoms with Crippen LogP contribution in [0.2, 0.25) is 5.28 Å². The lowest BCUT2D eigenvalue weighted by molar-refractivity contribution is -0.114. The first kappa shape index (κ1) is 14.7. The number of rotatable bonds is 3. The van der Waals surface area contributed by atoms with Crippen LogP contribution in [0.1, 0.15) is 11.8 Å². The lowest BCUT2D eigenvalue weighted by atomic mass is 10.2. The van der Waals surface area contributed by atoms with Crippen LogP contribution >= 0.6 is 22.9 Å². The van der Waals surface area contributed by atoms with Gasteiger partial charge in [0.2, 0.25) is 11.2 Å². The maximum atomic E-state index is 11.1. The Morgan fingerprint density at radius 3 is 2.77 bits per heavy atom. The molecule has 0 aliphatic heterocycles. The van der Waals surface area contributed by atoms with Crippen molar-refractivity contribution in [2.24, 2.45) is 0 Å². The second-order valence-electron chi connectivity index (χ2n) is 4.80. The third-order valence-corrected chi connectivity index (χ3v) is 4.05. The molecule has 0 bridgehead atoms. The molecule has 2 heterocycles. The molecule has 0 aliphatic rings. The molecule has 0 saturated heterocycles. The van der Waals surface area contributed by atoms with E-state index in [9.17, 15) is 4.79 Å². The molecule has 1 aromatic carbocycles. The van der Waals surface area contributed by atoms with Crippen molar-refractivity contribution < 1.29 is 4.79 Å². The van der Waals surface area contributed by atoms with Crippen molar-refractivity contribution in [2.75, 3.05) is 10.6 Å². The maximum absolute atomic E-state index is 11.1. The standard InChI is InChI=1S/C15H13ClN4OS/c1-8-6-12-13(19-15(16)20-14(12)22-8)18-11-5-3-4-10(7-11)17-9(2)21/h3-7H,1-2H3,(H,17,21)(H,18,19,20). The molecule has 2 N–H and O–H groups in total. The predicted molar refractivity (Wildman–Crippen MR) is 91.2 cm³/mol. The highest BCUT2D eigenvalue weighted by Crippen LogP contribution is 2.31. The zero-order valence-corrected chi connectivity index (χ0v) is 13.5. The number of benzene rings is 1. The van der Waals surface area contributed by atoms with Gasteiger partial charge < -0.3 is 10.6 Å². The lowest BCUT2D eigenvalue weighted by Gasteiger charge is -2.09. The quantitative estimate of drug-likeness (QED) is 0.699. The van der Waals surface area contributed by atoms with Gasteiger partial charge in [0.05, 0.1) is 5.39 Å². The van der Waals surface area contributed by atoms with E-state index in [0.717, 1.165) is 26.5 Å². The van der Waals surface area contributed by atoms with Crippen LogP contribution in [0.4, 0.5) is 17.2 Å². The fourth-order valence-corrected chi connectivity index (χ4v) is 3.22. The average molecular weight is 333 g/mol. The van der Waals surface area contributed by atoms with Crippen LogP contribution in [0.5, 0.6) is 0 Å². The van der Waals surface area contributed by atoms with Gasteiger partial charge in [-0.3, -0.25) is 4.79 Å². The number of hydrogen-bond donors (Lipinski definition) is 2. The Bertz CT molecular complexity index is 862. The van der Waals surface area contributed by atoms with Gasteiger partial charge in [0.1, 0.15) is 10.6 Å². The number of fused-ring (bicyclic) bond motifs is 1. The molecule has 22 heavy (non-hydrogen) atoms. The molecule has 2 aromatic heterocycles. The number of thiophene rings is 1.